The lowest BCUT2D eigenvalue weighted by molar-refractivity contribution is 0.0937. The van der Waals surface area contributed by atoms with E-state index in [1.807, 2.05) is 0 Å². The van der Waals surface area contributed by atoms with Crippen LogP contribution in [0.3, 0.4) is 0 Å². The Bertz CT molecular complexity index is 771. The predicted octanol–water partition coefficient (Wildman–Crippen LogP) is 4.29. The summed E-state index contributed by atoms with van der Waals surface area (Å²) in [6, 6.07) is 9.64. The number of hydrogen-bond acceptors (Lipinski definition) is 3. The Morgan fingerprint density at radius 2 is 1.70 bits per heavy atom. The van der Waals surface area contributed by atoms with Gasteiger partial charge >= 0.3 is 0 Å². The third kappa shape index (κ3) is 5.42. The zero-order valence-corrected chi connectivity index (χ0v) is 15.0. The minimum Gasteiger partial charge on any atom is -0.505 e. The van der Waals surface area contributed by atoms with Gasteiger partial charge in [-0.25, -0.2) is 8.78 Å². The van der Waals surface area contributed by atoms with E-state index in [1.54, 1.807) is 12.1 Å². The Morgan fingerprint density at radius 1 is 1.04 bits per heavy atom. The van der Waals surface area contributed by atoms with Crippen LogP contribution in [0.1, 0.15) is 36.0 Å². The molecule has 0 saturated heterocycles. The molecule has 0 aliphatic heterocycles. The van der Waals surface area contributed by atoms with Gasteiger partial charge in [-0.3, -0.25) is 4.79 Å². The first-order valence-corrected chi connectivity index (χ1v) is 9.16. The summed E-state index contributed by atoms with van der Waals surface area (Å²) in [6.07, 6.45) is 3.99. The maximum atomic E-state index is 13.3. The van der Waals surface area contributed by atoms with Crippen LogP contribution in [0.5, 0.6) is 11.5 Å². The van der Waals surface area contributed by atoms with E-state index in [1.165, 1.54) is 24.3 Å². The molecule has 2 aromatic carbocycles. The predicted molar refractivity (Wildman–Crippen MR) is 97.7 cm³/mol. The molecule has 0 heterocycles. The van der Waals surface area contributed by atoms with Crippen molar-refractivity contribution in [2.24, 2.45) is 11.8 Å². The molecule has 2 aromatic rings. The lowest BCUT2D eigenvalue weighted by atomic mass is 9.82. The second-order valence-corrected chi connectivity index (χ2v) is 7.03. The van der Waals surface area contributed by atoms with E-state index >= 15 is 0 Å². The number of nitrogens with one attached hydrogen (secondary N) is 1. The quantitative estimate of drug-likeness (QED) is 0.792. The molecule has 144 valence electrons. The Hall–Kier alpha value is -2.63. The van der Waals surface area contributed by atoms with Crippen LogP contribution >= 0.6 is 0 Å². The van der Waals surface area contributed by atoms with Gasteiger partial charge < -0.3 is 15.2 Å². The molecule has 1 saturated carbocycles. The molecule has 3 rings (SSSR count). The Kier molecular flexibility index (Phi) is 6.27. The van der Waals surface area contributed by atoms with Gasteiger partial charge in [0, 0.05) is 12.1 Å². The fourth-order valence-corrected chi connectivity index (χ4v) is 3.33. The molecule has 0 spiro atoms. The van der Waals surface area contributed by atoms with Crippen molar-refractivity contribution < 1.29 is 23.4 Å². The third-order valence-electron chi connectivity index (χ3n) is 5.03. The van der Waals surface area contributed by atoms with Crippen LogP contribution < -0.4 is 10.1 Å². The number of aromatic hydroxyl groups is 1. The van der Waals surface area contributed by atoms with Crippen molar-refractivity contribution in [3.63, 3.8) is 0 Å². The molecule has 6 heteroatoms. The van der Waals surface area contributed by atoms with E-state index in [9.17, 15) is 18.7 Å². The lowest BCUT2D eigenvalue weighted by Gasteiger charge is -2.28. The minimum absolute atomic E-state index is 0.201. The molecule has 2 N–H and O–H groups in total. The van der Waals surface area contributed by atoms with Crippen molar-refractivity contribution in [2.75, 3.05) is 13.2 Å². The standard InChI is InChI=1S/C21H23F2NO3/c22-17-6-8-18(9-7-17)27-13-15-3-1-14(2-4-15)12-24-21(26)16-5-10-20(25)19(23)11-16/h5-11,14-15,25H,1-4,12-13H2,(H,24,26). The molecule has 1 aliphatic carbocycles. The second-order valence-electron chi connectivity index (χ2n) is 7.03. The Morgan fingerprint density at radius 3 is 2.37 bits per heavy atom. The summed E-state index contributed by atoms with van der Waals surface area (Å²) in [5.74, 6) is -0.370. The molecule has 4 nitrogen and oxygen atoms in total. The van der Waals surface area contributed by atoms with Crippen molar-refractivity contribution in [1.29, 1.82) is 0 Å². The Labute approximate surface area is 157 Å². The highest BCUT2D eigenvalue weighted by atomic mass is 19.1. The van der Waals surface area contributed by atoms with Crippen LogP contribution in [-0.4, -0.2) is 24.2 Å². The van der Waals surface area contributed by atoms with E-state index in [2.05, 4.69) is 5.32 Å². The van der Waals surface area contributed by atoms with Gasteiger partial charge in [0.25, 0.3) is 5.91 Å². The van der Waals surface area contributed by atoms with E-state index < -0.39 is 11.6 Å². The van der Waals surface area contributed by atoms with E-state index in [-0.39, 0.29) is 17.3 Å². The number of rotatable bonds is 6. The monoisotopic (exact) mass is 375 g/mol. The summed E-state index contributed by atoms with van der Waals surface area (Å²) in [4.78, 5) is 12.1. The van der Waals surface area contributed by atoms with Gasteiger partial charge in [-0.1, -0.05) is 0 Å². The van der Waals surface area contributed by atoms with Crippen LogP contribution in [0.15, 0.2) is 42.5 Å². The van der Waals surface area contributed by atoms with Gasteiger partial charge in [0.2, 0.25) is 0 Å². The first-order valence-electron chi connectivity index (χ1n) is 9.16. The summed E-state index contributed by atoms with van der Waals surface area (Å²) < 4.78 is 31.9. The molecule has 0 bridgehead atoms. The number of phenols is 1. The molecule has 1 amide bonds. The summed E-state index contributed by atoms with van der Waals surface area (Å²) in [7, 11) is 0. The average molecular weight is 375 g/mol. The largest absolute Gasteiger partial charge is 0.505 e. The SMILES string of the molecule is O=C(NCC1CCC(COc2ccc(F)cc2)CC1)c1ccc(O)c(F)c1. The molecule has 0 atom stereocenters. The highest BCUT2D eigenvalue weighted by Gasteiger charge is 2.22. The van der Waals surface area contributed by atoms with E-state index in [4.69, 9.17) is 4.74 Å². The van der Waals surface area contributed by atoms with Gasteiger partial charge in [-0.05, 0) is 80.0 Å². The maximum Gasteiger partial charge on any atom is 0.251 e. The molecule has 0 unspecified atom stereocenters. The minimum atomic E-state index is -0.802. The van der Waals surface area contributed by atoms with E-state index in [0.29, 0.717) is 30.7 Å². The van der Waals surface area contributed by atoms with Crippen molar-refractivity contribution in [1.82, 2.24) is 5.32 Å². The first kappa shape index (κ1) is 19.1. The van der Waals surface area contributed by atoms with Crippen LogP contribution in [0.2, 0.25) is 0 Å². The number of carbonyl (C=O) groups is 1. The Balaban J connectivity index is 1.38. The normalized spacial score (nSPS) is 19.5. The molecule has 1 aliphatic rings. The zero-order chi connectivity index (χ0) is 19.2. The third-order valence-corrected chi connectivity index (χ3v) is 5.03. The maximum absolute atomic E-state index is 13.3. The topological polar surface area (TPSA) is 58.6 Å². The summed E-state index contributed by atoms with van der Waals surface area (Å²) in [5.41, 5.74) is 0.201. The molecule has 0 aromatic heterocycles. The first-order chi connectivity index (χ1) is 13.0. The number of hydrogen-bond donors (Lipinski definition) is 2. The van der Waals surface area contributed by atoms with E-state index in [0.717, 1.165) is 31.7 Å². The number of ether oxygens (including phenoxy) is 1. The van der Waals surface area contributed by atoms with Crippen molar-refractivity contribution >= 4 is 5.91 Å². The number of amides is 1. The van der Waals surface area contributed by atoms with Crippen LogP contribution in [0, 0.1) is 23.5 Å². The lowest BCUT2D eigenvalue weighted by Crippen LogP contribution is -2.32. The van der Waals surface area contributed by atoms with Crippen molar-refractivity contribution in [3.8, 4) is 11.5 Å². The highest BCUT2D eigenvalue weighted by molar-refractivity contribution is 5.94. The van der Waals surface area contributed by atoms with Crippen LogP contribution in [0.25, 0.3) is 0 Å². The fraction of sp³-hybridized carbons (Fsp3) is 0.381. The molecular formula is C21H23F2NO3. The van der Waals surface area contributed by atoms with Crippen LogP contribution in [-0.2, 0) is 0 Å². The molecule has 27 heavy (non-hydrogen) atoms. The van der Waals surface area contributed by atoms with Gasteiger partial charge in [-0.15, -0.1) is 0 Å². The number of halogens is 2. The van der Waals surface area contributed by atoms with Gasteiger partial charge in [-0.2, -0.15) is 0 Å². The molecular weight excluding hydrogens is 352 g/mol. The fourth-order valence-electron chi connectivity index (χ4n) is 3.33. The van der Waals surface area contributed by atoms with Crippen molar-refractivity contribution in [3.05, 3.63) is 59.7 Å². The highest BCUT2D eigenvalue weighted by Crippen LogP contribution is 2.29. The smallest absolute Gasteiger partial charge is 0.251 e. The number of benzene rings is 2. The van der Waals surface area contributed by atoms with Crippen molar-refractivity contribution in [2.45, 2.75) is 25.7 Å². The number of phenolic OH excluding ortho intramolecular Hbond substituents is 1. The van der Waals surface area contributed by atoms with Gasteiger partial charge in [0.15, 0.2) is 11.6 Å². The number of carbonyl (C=O) groups excluding carboxylic acids is 1. The molecule has 1 fully saturated rings. The second kappa shape index (κ2) is 8.84. The summed E-state index contributed by atoms with van der Waals surface area (Å²) >= 11 is 0. The summed E-state index contributed by atoms with van der Waals surface area (Å²) in [6.45, 7) is 1.16. The van der Waals surface area contributed by atoms with Crippen LogP contribution in [0.4, 0.5) is 8.78 Å². The molecule has 0 radical (unpaired) electrons. The van der Waals surface area contributed by atoms with Gasteiger partial charge in [0.05, 0.1) is 6.61 Å². The summed E-state index contributed by atoms with van der Waals surface area (Å²) in [5, 5.41) is 12.0. The average Bonchev–Trinajstić information content (AvgIpc) is 2.68. The van der Waals surface area contributed by atoms with Gasteiger partial charge in [0.1, 0.15) is 11.6 Å². The zero-order valence-electron chi connectivity index (χ0n) is 15.0.